The first-order valence-electron chi connectivity index (χ1n) is 8.07. The van der Waals surface area contributed by atoms with Crippen molar-refractivity contribution in [1.29, 1.82) is 0 Å². The Morgan fingerprint density at radius 3 is 2.60 bits per heavy atom. The van der Waals surface area contributed by atoms with E-state index < -0.39 is 0 Å². The summed E-state index contributed by atoms with van der Waals surface area (Å²) < 4.78 is 11.2. The fraction of sp³-hybridized carbons (Fsp3) is 0.765. The van der Waals surface area contributed by atoms with Crippen molar-refractivity contribution in [2.45, 2.75) is 64.1 Å². The maximum absolute atomic E-state index is 8.65. The van der Waals surface area contributed by atoms with Crippen LogP contribution in [0, 0.1) is 0 Å². The topological polar surface area (TPSA) is 38.7 Å². The van der Waals surface area contributed by atoms with Crippen molar-refractivity contribution < 1.29 is 14.6 Å². The van der Waals surface area contributed by atoms with E-state index in [-0.39, 0.29) is 6.29 Å². The smallest absolute Gasteiger partial charge is 0.157 e. The molecular formula is C17H30O3. The Labute approximate surface area is 123 Å². The number of rotatable bonds is 11. The maximum atomic E-state index is 8.65. The van der Waals surface area contributed by atoms with E-state index in [1.54, 1.807) is 0 Å². The lowest BCUT2D eigenvalue weighted by Gasteiger charge is -2.22. The first kappa shape index (κ1) is 17.4. The van der Waals surface area contributed by atoms with Crippen molar-refractivity contribution >= 4 is 0 Å². The van der Waals surface area contributed by atoms with Crippen LogP contribution in [0.15, 0.2) is 24.3 Å². The largest absolute Gasteiger partial charge is 0.396 e. The zero-order valence-corrected chi connectivity index (χ0v) is 12.6. The van der Waals surface area contributed by atoms with Crippen molar-refractivity contribution in [3.63, 3.8) is 0 Å². The number of allylic oxidation sites excluding steroid dienone is 3. The number of hydrogen-bond donors (Lipinski definition) is 1. The highest BCUT2D eigenvalue weighted by Gasteiger charge is 2.12. The predicted octanol–water partition coefficient (Wildman–Crippen LogP) is 3.97. The summed E-state index contributed by atoms with van der Waals surface area (Å²) in [5.74, 6) is 0. The Hall–Kier alpha value is -0.640. The van der Waals surface area contributed by atoms with Gasteiger partial charge in [-0.15, -0.1) is 0 Å². The van der Waals surface area contributed by atoms with Gasteiger partial charge in [-0.1, -0.05) is 30.7 Å². The average Bonchev–Trinajstić information content (AvgIpc) is 2.49. The second-order valence-corrected chi connectivity index (χ2v) is 5.21. The van der Waals surface area contributed by atoms with Gasteiger partial charge in [-0.3, -0.25) is 0 Å². The number of ether oxygens (including phenoxy) is 2. The minimum atomic E-state index is 0.0379. The molecule has 1 heterocycles. The standard InChI is InChI=1S/C17H30O3/c18-14-10-7-5-3-1-2-4-6-8-11-15-19-17-13-9-12-16-20-17/h1-2,6,8,17-18H,3-5,7,9-16H2/b2-1-,8-6+. The summed E-state index contributed by atoms with van der Waals surface area (Å²) in [5.41, 5.74) is 0. The Morgan fingerprint density at radius 2 is 1.85 bits per heavy atom. The molecule has 0 radical (unpaired) electrons. The summed E-state index contributed by atoms with van der Waals surface area (Å²) in [4.78, 5) is 0. The molecule has 1 aliphatic heterocycles. The average molecular weight is 282 g/mol. The number of aliphatic hydroxyl groups is 1. The maximum Gasteiger partial charge on any atom is 0.157 e. The van der Waals surface area contributed by atoms with Crippen LogP contribution in [-0.2, 0) is 9.47 Å². The monoisotopic (exact) mass is 282 g/mol. The molecule has 116 valence electrons. The van der Waals surface area contributed by atoms with Gasteiger partial charge in [-0.25, -0.2) is 0 Å². The van der Waals surface area contributed by atoms with Gasteiger partial charge in [0.05, 0.1) is 6.61 Å². The van der Waals surface area contributed by atoms with E-state index in [0.29, 0.717) is 6.61 Å². The molecule has 0 spiro atoms. The van der Waals surface area contributed by atoms with Gasteiger partial charge in [0.25, 0.3) is 0 Å². The Balaban J connectivity index is 1.85. The van der Waals surface area contributed by atoms with Crippen LogP contribution in [0.25, 0.3) is 0 Å². The second-order valence-electron chi connectivity index (χ2n) is 5.21. The van der Waals surface area contributed by atoms with Crippen LogP contribution in [0.4, 0.5) is 0 Å². The summed E-state index contributed by atoms with van der Waals surface area (Å²) in [6.07, 6.45) is 18.6. The van der Waals surface area contributed by atoms with Crippen LogP contribution in [0.1, 0.15) is 57.8 Å². The van der Waals surface area contributed by atoms with Gasteiger partial charge < -0.3 is 14.6 Å². The molecule has 0 bridgehead atoms. The summed E-state index contributed by atoms with van der Waals surface area (Å²) in [7, 11) is 0. The highest BCUT2D eigenvalue weighted by Crippen LogP contribution is 2.13. The SMILES string of the molecule is OCCCCC/C=C\C/C=C/CCOC1CCCCO1. The Morgan fingerprint density at radius 1 is 1.00 bits per heavy atom. The summed E-state index contributed by atoms with van der Waals surface area (Å²) in [5, 5.41) is 8.65. The molecule has 1 N–H and O–H groups in total. The Bertz CT molecular complexity index is 255. The minimum Gasteiger partial charge on any atom is -0.396 e. The number of hydrogen-bond acceptors (Lipinski definition) is 3. The molecule has 1 atom stereocenters. The van der Waals surface area contributed by atoms with Crippen molar-refractivity contribution in [2.75, 3.05) is 19.8 Å². The third kappa shape index (κ3) is 10.2. The highest BCUT2D eigenvalue weighted by molar-refractivity contribution is 4.92. The van der Waals surface area contributed by atoms with Crippen LogP contribution >= 0.6 is 0 Å². The zero-order valence-electron chi connectivity index (χ0n) is 12.6. The van der Waals surface area contributed by atoms with Gasteiger partial charge in [0, 0.05) is 13.2 Å². The van der Waals surface area contributed by atoms with Crippen molar-refractivity contribution in [1.82, 2.24) is 0 Å². The molecule has 1 fully saturated rings. The van der Waals surface area contributed by atoms with E-state index in [2.05, 4.69) is 24.3 Å². The molecule has 1 aliphatic rings. The van der Waals surface area contributed by atoms with Gasteiger partial charge in [0.1, 0.15) is 0 Å². The summed E-state index contributed by atoms with van der Waals surface area (Å²) in [6.45, 7) is 1.93. The number of unbranched alkanes of at least 4 members (excludes halogenated alkanes) is 3. The van der Waals surface area contributed by atoms with Crippen molar-refractivity contribution in [3.05, 3.63) is 24.3 Å². The minimum absolute atomic E-state index is 0.0379. The predicted molar refractivity (Wildman–Crippen MR) is 82.6 cm³/mol. The molecule has 3 nitrogen and oxygen atoms in total. The third-order valence-electron chi connectivity index (χ3n) is 3.36. The lowest BCUT2D eigenvalue weighted by molar-refractivity contribution is -0.161. The zero-order chi connectivity index (χ0) is 14.3. The lowest BCUT2D eigenvalue weighted by atomic mass is 10.2. The quantitative estimate of drug-likeness (QED) is 0.460. The molecule has 0 amide bonds. The van der Waals surface area contributed by atoms with Crippen LogP contribution in [-0.4, -0.2) is 31.2 Å². The third-order valence-corrected chi connectivity index (χ3v) is 3.36. The summed E-state index contributed by atoms with van der Waals surface area (Å²) >= 11 is 0. The molecule has 3 heteroatoms. The van der Waals surface area contributed by atoms with Gasteiger partial charge in [-0.05, 0) is 51.4 Å². The van der Waals surface area contributed by atoms with Gasteiger partial charge in [0.2, 0.25) is 0 Å². The van der Waals surface area contributed by atoms with Crippen molar-refractivity contribution in [3.8, 4) is 0 Å². The van der Waals surface area contributed by atoms with E-state index >= 15 is 0 Å². The van der Waals surface area contributed by atoms with Crippen LogP contribution < -0.4 is 0 Å². The molecular weight excluding hydrogens is 252 g/mol. The van der Waals surface area contributed by atoms with Gasteiger partial charge in [-0.2, -0.15) is 0 Å². The summed E-state index contributed by atoms with van der Waals surface area (Å²) in [6, 6.07) is 0. The van der Waals surface area contributed by atoms with Gasteiger partial charge >= 0.3 is 0 Å². The fourth-order valence-corrected chi connectivity index (χ4v) is 2.17. The molecule has 1 saturated heterocycles. The molecule has 0 saturated carbocycles. The molecule has 0 aromatic rings. The van der Waals surface area contributed by atoms with Gasteiger partial charge in [0.15, 0.2) is 6.29 Å². The highest BCUT2D eigenvalue weighted by atomic mass is 16.7. The first-order valence-corrected chi connectivity index (χ1v) is 8.07. The normalized spacial score (nSPS) is 20.1. The molecule has 1 unspecified atom stereocenters. The first-order chi connectivity index (χ1) is 9.93. The molecule has 0 aliphatic carbocycles. The van der Waals surface area contributed by atoms with Crippen LogP contribution in [0.3, 0.4) is 0 Å². The fourth-order valence-electron chi connectivity index (χ4n) is 2.17. The van der Waals surface area contributed by atoms with Crippen LogP contribution in [0.2, 0.25) is 0 Å². The van der Waals surface area contributed by atoms with E-state index in [4.69, 9.17) is 14.6 Å². The van der Waals surface area contributed by atoms with E-state index in [1.165, 1.54) is 19.3 Å². The molecule has 0 aromatic heterocycles. The number of aliphatic hydroxyl groups excluding tert-OH is 1. The molecule has 20 heavy (non-hydrogen) atoms. The van der Waals surface area contributed by atoms with Crippen LogP contribution in [0.5, 0.6) is 0 Å². The molecule has 0 aromatic carbocycles. The van der Waals surface area contributed by atoms with E-state index in [0.717, 1.165) is 51.7 Å². The van der Waals surface area contributed by atoms with E-state index in [9.17, 15) is 0 Å². The Kier molecular flexibility index (Phi) is 11.6. The van der Waals surface area contributed by atoms with Crippen molar-refractivity contribution in [2.24, 2.45) is 0 Å². The molecule has 1 rings (SSSR count). The lowest BCUT2D eigenvalue weighted by Crippen LogP contribution is -2.22. The second kappa shape index (κ2) is 13.3. The van der Waals surface area contributed by atoms with E-state index in [1.807, 2.05) is 0 Å².